The maximum atomic E-state index is 14.1. The van der Waals surface area contributed by atoms with Crippen molar-refractivity contribution in [3.8, 4) is 11.4 Å². The molecule has 170 valence electrons. The maximum Gasteiger partial charge on any atom is 0.417 e. The average Bonchev–Trinajstić information content (AvgIpc) is 3.37. The highest BCUT2D eigenvalue weighted by Crippen LogP contribution is 2.43. The molecule has 11 heteroatoms. The summed E-state index contributed by atoms with van der Waals surface area (Å²) in [6.45, 7) is 2.01. The van der Waals surface area contributed by atoms with Gasteiger partial charge in [-0.2, -0.15) is 18.3 Å². The lowest BCUT2D eigenvalue weighted by atomic mass is 10.1. The van der Waals surface area contributed by atoms with Crippen molar-refractivity contribution in [2.24, 2.45) is 0 Å². The van der Waals surface area contributed by atoms with E-state index in [1.54, 1.807) is 0 Å². The van der Waals surface area contributed by atoms with Gasteiger partial charge in [-0.1, -0.05) is 25.1 Å². The van der Waals surface area contributed by atoms with E-state index in [4.69, 9.17) is 0 Å². The fourth-order valence-corrected chi connectivity index (χ4v) is 5.00. The number of hydrogen-bond acceptors (Lipinski definition) is 5. The van der Waals surface area contributed by atoms with Crippen LogP contribution in [0.25, 0.3) is 22.3 Å². The number of nitrogens with zero attached hydrogens (tertiary/aromatic N) is 3. The van der Waals surface area contributed by atoms with Gasteiger partial charge in [0.2, 0.25) is 0 Å². The summed E-state index contributed by atoms with van der Waals surface area (Å²) in [5.74, 6) is -1.30. The molecular weight excluding hydrogens is 461 g/mol. The number of aromatic amines is 1. The fourth-order valence-electron chi connectivity index (χ4n) is 3.80. The second-order valence-electron chi connectivity index (χ2n) is 7.58. The quantitative estimate of drug-likeness (QED) is 0.260. The molecule has 1 aliphatic rings. The molecule has 0 aliphatic carbocycles. The summed E-state index contributed by atoms with van der Waals surface area (Å²) in [6.07, 6.45) is -3.15. The van der Waals surface area contributed by atoms with Crippen LogP contribution in [0.5, 0.6) is 0 Å². The van der Waals surface area contributed by atoms with Crippen molar-refractivity contribution in [3.63, 3.8) is 0 Å². The molecule has 33 heavy (non-hydrogen) atoms. The predicted molar refractivity (Wildman–Crippen MR) is 115 cm³/mol. The van der Waals surface area contributed by atoms with Crippen molar-refractivity contribution in [1.29, 1.82) is 0 Å². The van der Waals surface area contributed by atoms with Crippen LogP contribution in [0.15, 0.2) is 41.4 Å². The van der Waals surface area contributed by atoms with E-state index in [2.05, 4.69) is 25.5 Å². The Kier molecular flexibility index (Phi) is 5.23. The van der Waals surface area contributed by atoms with Gasteiger partial charge in [-0.25, -0.2) is 18.7 Å². The van der Waals surface area contributed by atoms with Crippen LogP contribution in [0.1, 0.15) is 24.5 Å². The highest BCUT2D eigenvalue weighted by Gasteiger charge is 2.35. The zero-order valence-corrected chi connectivity index (χ0v) is 17.9. The van der Waals surface area contributed by atoms with Crippen molar-refractivity contribution < 1.29 is 22.0 Å². The molecule has 0 amide bonds. The Morgan fingerprint density at radius 3 is 2.67 bits per heavy atom. The van der Waals surface area contributed by atoms with E-state index in [0.717, 1.165) is 30.2 Å². The summed E-state index contributed by atoms with van der Waals surface area (Å²) in [5, 5.41) is 10.4. The number of benzene rings is 2. The van der Waals surface area contributed by atoms with Gasteiger partial charge in [0.05, 0.1) is 10.9 Å². The van der Waals surface area contributed by atoms with Crippen LogP contribution in [-0.2, 0) is 12.6 Å². The molecule has 3 heterocycles. The minimum atomic E-state index is -4.58. The summed E-state index contributed by atoms with van der Waals surface area (Å²) in [7, 11) is 0. The smallest absolute Gasteiger partial charge is 0.323 e. The van der Waals surface area contributed by atoms with Gasteiger partial charge >= 0.3 is 6.18 Å². The van der Waals surface area contributed by atoms with Crippen molar-refractivity contribution in [2.75, 3.05) is 5.32 Å². The van der Waals surface area contributed by atoms with Crippen LogP contribution in [0.4, 0.5) is 33.6 Å². The molecule has 0 fully saturated rings. The SMILES string of the molecule is CC[C@H]1Cc2c(Nc3n[nH]c4c(F)cc(F)cc34)nc(-c3ccccc3C(F)(F)F)nc2S1. The Morgan fingerprint density at radius 2 is 1.91 bits per heavy atom. The molecule has 5 nitrogen and oxygen atoms in total. The fraction of sp³-hybridized carbons (Fsp3) is 0.227. The normalized spacial score (nSPS) is 15.8. The van der Waals surface area contributed by atoms with E-state index in [1.807, 2.05) is 6.92 Å². The van der Waals surface area contributed by atoms with Crippen molar-refractivity contribution in [2.45, 2.75) is 36.2 Å². The summed E-state index contributed by atoms with van der Waals surface area (Å²) in [6, 6.07) is 6.95. The molecule has 2 aromatic carbocycles. The van der Waals surface area contributed by atoms with Crippen LogP contribution in [0.3, 0.4) is 0 Å². The van der Waals surface area contributed by atoms with Gasteiger partial charge in [0.1, 0.15) is 22.2 Å². The monoisotopic (exact) mass is 477 g/mol. The topological polar surface area (TPSA) is 66.5 Å². The Hall–Kier alpha value is -3.21. The Labute approximate surface area is 188 Å². The third-order valence-electron chi connectivity index (χ3n) is 5.43. The van der Waals surface area contributed by atoms with Crippen molar-refractivity contribution >= 4 is 34.3 Å². The van der Waals surface area contributed by atoms with Crippen LogP contribution < -0.4 is 5.32 Å². The molecule has 2 aromatic heterocycles. The van der Waals surface area contributed by atoms with Crippen LogP contribution in [0, 0.1) is 11.6 Å². The first-order valence-corrected chi connectivity index (χ1v) is 11.0. The van der Waals surface area contributed by atoms with E-state index < -0.39 is 23.4 Å². The van der Waals surface area contributed by atoms with Gasteiger partial charge in [0.15, 0.2) is 17.5 Å². The minimum absolute atomic E-state index is 0.00746. The Balaban J connectivity index is 1.66. The lowest BCUT2D eigenvalue weighted by Crippen LogP contribution is -2.09. The third kappa shape index (κ3) is 3.90. The second kappa shape index (κ2) is 7.98. The van der Waals surface area contributed by atoms with Crippen molar-refractivity contribution in [3.05, 3.63) is 59.2 Å². The molecule has 4 aromatic rings. The van der Waals surface area contributed by atoms with E-state index in [9.17, 15) is 22.0 Å². The summed E-state index contributed by atoms with van der Waals surface area (Å²) >= 11 is 1.47. The van der Waals surface area contributed by atoms with Gasteiger partial charge in [-0.3, -0.25) is 5.10 Å². The summed E-state index contributed by atoms with van der Waals surface area (Å²) < 4.78 is 68.7. The average molecular weight is 477 g/mol. The zero-order chi connectivity index (χ0) is 23.3. The van der Waals surface area contributed by atoms with Gasteiger partial charge in [-0.15, -0.1) is 11.8 Å². The lowest BCUT2D eigenvalue weighted by Gasteiger charge is -2.14. The molecule has 0 spiro atoms. The molecule has 5 rings (SSSR count). The molecule has 0 bridgehead atoms. The lowest BCUT2D eigenvalue weighted by molar-refractivity contribution is -0.137. The number of halogens is 5. The summed E-state index contributed by atoms with van der Waals surface area (Å²) in [4.78, 5) is 8.85. The second-order valence-corrected chi connectivity index (χ2v) is 8.87. The van der Waals surface area contributed by atoms with Gasteiger partial charge < -0.3 is 5.32 Å². The van der Waals surface area contributed by atoms with E-state index in [-0.39, 0.29) is 39.2 Å². The number of hydrogen-bond donors (Lipinski definition) is 2. The molecule has 0 radical (unpaired) electrons. The number of H-pyrrole nitrogens is 1. The molecule has 1 atom stereocenters. The van der Waals surface area contributed by atoms with E-state index in [0.29, 0.717) is 11.4 Å². The van der Waals surface area contributed by atoms with Crippen LogP contribution in [0.2, 0.25) is 0 Å². The van der Waals surface area contributed by atoms with Gasteiger partial charge in [0, 0.05) is 22.4 Å². The number of thioether (sulfide) groups is 1. The Morgan fingerprint density at radius 1 is 1.12 bits per heavy atom. The van der Waals surface area contributed by atoms with Crippen LogP contribution >= 0.6 is 11.8 Å². The largest absolute Gasteiger partial charge is 0.417 e. The molecule has 0 saturated carbocycles. The molecule has 0 saturated heterocycles. The van der Waals surface area contributed by atoms with Crippen molar-refractivity contribution in [1.82, 2.24) is 20.2 Å². The van der Waals surface area contributed by atoms with E-state index >= 15 is 0 Å². The Bertz CT molecular complexity index is 1370. The molecule has 1 aliphatic heterocycles. The number of anilines is 2. The first-order chi connectivity index (χ1) is 15.7. The summed E-state index contributed by atoms with van der Waals surface area (Å²) in [5.41, 5.74) is -0.262. The van der Waals surface area contributed by atoms with Crippen LogP contribution in [-0.4, -0.2) is 25.4 Å². The highest BCUT2D eigenvalue weighted by atomic mass is 32.2. The number of fused-ring (bicyclic) bond motifs is 2. The first kappa shape index (κ1) is 21.6. The first-order valence-electron chi connectivity index (χ1n) is 10.1. The zero-order valence-electron chi connectivity index (χ0n) is 17.1. The standard InChI is InChI=1S/C22H16F5N5S/c1-2-11-9-14-19(29-20-13-7-10(23)8-16(24)17(13)31-32-20)28-18(30-21(14)33-11)12-5-3-4-6-15(12)22(25,26)27/h3-8,11H,2,9H2,1H3,(H2,28,29,30,31,32)/t11-/m0/s1. The minimum Gasteiger partial charge on any atom is -0.323 e. The highest BCUT2D eigenvalue weighted by molar-refractivity contribution is 8.00. The van der Waals surface area contributed by atoms with E-state index in [1.165, 1.54) is 30.0 Å². The number of alkyl halides is 3. The number of nitrogens with one attached hydrogen (secondary N) is 2. The predicted octanol–water partition coefficient (Wildman–Crippen LogP) is 6.49. The molecule has 2 N–H and O–H groups in total. The third-order valence-corrected chi connectivity index (χ3v) is 6.83. The maximum absolute atomic E-state index is 14.1. The van der Waals surface area contributed by atoms with Gasteiger partial charge in [0.25, 0.3) is 0 Å². The molecular formula is C22H16F5N5S. The van der Waals surface area contributed by atoms with Gasteiger partial charge in [-0.05, 0) is 25.0 Å². The molecule has 0 unspecified atom stereocenters. The number of aromatic nitrogens is 4. The number of rotatable bonds is 4.